The Kier molecular flexibility index (Phi) is 4.99. The Morgan fingerprint density at radius 3 is 2.73 bits per heavy atom. The minimum absolute atomic E-state index is 0.380. The summed E-state index contributed by atoms with van der Waals surface area (Å²) in [6, 6.07) is 5.85. The van der Waals surface area contributed by atoms with Crippen molar-refractivity contribution in [3.63, 3.8) is 0 Å². The number of aryl methyl sites for hydroxylation is 1. The number of thioether (sulfide) groups is 1. The Balaban J connectivity index is 2.81. The molecular weight excluding hydrogens is 208 g/mol. The first-order valence-corrected chi connectivity index (χ1v) is 6.48. The lowest BCUT2D eigenvalue weighted by atomic mass is 10.1. The highest BCUT2D eigenvalue weighted by Crippen LogP contribution is 2.24. The fraction of sp³-hybridized carbons (Fsp3) is 0.500. The van der Waals surface area contributed by atoms with Crippen LogP contribution in [0.2, 0.25) is 0 Å². The highest BCUT2D eigenvalue weighted by atomic mass is 32.2. The number of hydrogen-bond donors (Lipinski definition) is 1. The molecule has 0 aliphatic carbocycles. The predicted molar refractivity (Wildman–Crippen MR) is 65.7 cm³/mol. The monoisotopic (exact) mass is 226 g/mol. The molecule has 15 heavy (non-hydrogen) atoms. The molecule has 0 aliphatic heterocycles. The van der Waals surface area contributed by atoms with Crippen molar-refractivity contribution < 1.29 is 9.84 Å². The van der Waals surface area contributed by atoms with Crippen molar-refractivity contribution in [1.82, 2.24) is 0 Å². The van der Waals surface area contributed by atoms with Crippen LogP contribution < -0.4 is 4.74 Å². The first kappa shape index (κ1) is 12.4. The molecule has 0 saturated carbocycles. The summed E-state index contributed by atoms with van der Waals surface area (Å²) < 4.78 is 5.44. The van der Waals surface area contributed by atoms with Gasteiger partial charge in [0.25, 0.3) is 0 Å². The molecule has 0 saturated heterocycles. The van der Waals surface area contributed by atoms with Crippen molar-refractivity contribution >= 4 is 11.8 Å². The van der Waals surface area contributed by atoms with E-state index < -0.39 is 0 Å². The normalized spacial score (nSPS) is 12.5. The zero-order chi connectivity index (χ0) is 11.3. The lowest BCUT2D eigenvalue weighted by Gasteiger charge is -2.12. The Labute approximate surface area is 95.7 Å². The van der Waals surface area contributed by atoms with E-state index >= 15 is 0 Å². The maximum atomic E-state index is 9.80. The maximum Gasteiger partial charge on any atom is 0.122 e. The molecule has 0 amide bonds. The van der Waals surface area contributed by atoms with Gasteiger partial charge in [-0.15, -0.1) is 0 Å². The molecule has 0 bridgehead atoms. The molecule has 0 aliphatic rings. The zero-order valence-corrected chi connectivity index (χ0v) is 10.3. The minimum Gasteiger partial charge on any atom is -0.494 e. The molecule has 0 spiro atoms. The summed E-state index contributed by atoms with van der Waals surface area (Å²) in [5, 5.41) is 9.80. The van der Waals surface area contributed by atoms with Gasteiger partial charge in [-0.05, 0) is 43.4 Å². The second-order valence-corrected chi connectivity index (χ2v) is 4.34. The number of aliphatic hydroxyl groups is 1. The Morgan fingerprint density at radius 1 is 1.47 bits per heavy atom. The van der Waals surface area contributed by atoms with E-state index in [-0.39, 0.29) is 6.10 Å². The van der Waals surface area contributed by atoms with E-state index in [0.29, 0.717) is 6.61 Å². The largest absolute Gasteiger partial charge is 0.494 e. The first-order valence-electron chi connectivity index (χ1n) is 5.09. The third kappa shape index (κ3) is 3.43. The van der Waals surface area contributed by atoms with Crippen LogP contribution in [0.25, 0.3) is 0 Å². The maximum absolute atomic E-state index is 9.80. The van der Waals surface area contributed by atoms with Crippen molar-refractivity contribution in [2.75, 3.05) is 18.6 Å². The number of benzene rings is 1. The lowest BCUT2D eigenvalue weighted by molar-refractivity contribution is 0.204. The van der Waals surface area contributed by atoms with Gasteiger partial charge in [0.1, 0.15) is 5.75 Å². The molecule has 1 aromatic carbocycles. The molecule has 2 nitrogen and oxygen atoms in total. The molecule has 3 heteroatoms. The van der Waals surface area contributed by atoms with Gasteiger partial charge >= 0.3 is 0 Å². The van der Waals surface area contributed by atoms with Gasteiger partial charge in [-0.25, -0.2) is 0 Å². The van der Waals surface area contributed by atoms with Crippen LogP contribution in [0.5, 0.6) is 5.75 Å². The molecule has 1 aromatic rings. The van der Waals surface area contributed by atoms with E-state index in [1.807, 2.05) is 38.3 Å². The van der Waals surface area contributed by atoms with Crippen molar-refractivity contribution in [1.29, 1.82) is 0 Å². The molecular formula is C12H18O2S. The van der Waals surface area contributed by atoms with Gasteiger partial charge < -0.3 is 9.84 Å². The van der Waals surface area contributed by atoms with E-state index in [2.05, 4.69) is 0 Å². The number of aliphatic hydroxyl groups excluding tert-OH is 1. The van der Waals surface area contributed by atoms with E-state index in [4.69, 9.17) is 4.74 Å². The number of hydrogen-bond acceptors (Lipinski definition) is 3. The van der Waals surface area contributed by atoms with E-state index in [1.54, 1.807) is 11.8 Å². The average Bonchev–Trinajstić information content (AvgIpc) is 2.21. The van der Waals surface area contributed by atoms with Crippen molar-refractivity contribution in [2.45, 2.75) is 20.0 Å². The summed E-state index contributed by atoms with van der Waals surface area (Å²) >= 11 is 1.64. The van der Waals surface area contributed by atoms with Crippen LogP contribution in [-0.4, -0.2) is 23.7 Å². The molecule has 1 rings (SSSR count). The van der Waals surface area contributed by atoms with Crippen LogP contribution in [0, 0.1) is 6.92 Å². The van der Waals surface area contributed by atoms with Crippen LogP contribution in [0.15, 0.2) is 18.2 Å². The van der Waals surface area contributed by atoms with Crippen LogP contribution in [0.4, 0.5) is 0 Å². The Morgan fingerprint density at radius 2 is 2.20 bits per heavy atom. The standard InChI is InChI=1S/C12H18O2S/c1-4-14-12-6-5-10(7-9(12)2)11(13)8-15-3/h5-7,11,13H,4,8H2,1-3H3. The van der Waals surface area contributed by atoms with Gasteiger partial charge in [-0.3, -0.25) is 0 Å². The Bertz CT molecular complexity index is 312. The summed E-state index contributed by atoms with van der Waals surface area (Å²) in [6.45, 7) is 4.64. The molecule has 0 radical (unpaired) electrons. The van der Waals surface area contributed by atoms with Gasteiger partial charge in [0.05, 0.1) is 12.7 Å². The number of rotatable bonds is 5. The van der Waals surface area contributed by atoms with Crippen molar-refractivity contribution in [3.05, 3.63) is 29.3 Å². The second-order valence-electron chi connectivity index (χ2n) is 3.43. The molecule has 1 atom stereocenters. The van der Waals surface area contributed by atoms with Gasteiger partial charge in [-0.2, -0.15) is 11.8 Å². The quantitative estimate of drug-likeness (QED) is 0.837. The highest BCUT2D eigenvalue weighted by Gasteiger charge is 2.08. The predicted octanol–water partition coefficient (Wildman–Crippen LogP) is 2.79. The van der Waals surface area contributed by atoms with Crippen LogP contribution >= 0.6 is 11.8 Å². The SMILES string of the molecule is CCOc1ccc(C(O)CSC)cc1C. The third-order valence-electron chi connectivity index (χ3n) is 2.21. The minimum atomic E-state index is -0.380. The topological polar surface area (TPSA) is 29.5 Å². The molecule has 0 heterocycles. The summed E-state index contributed by atoms with van der Waals surface area (Å²) in [5.74, 6) is 1.63. The van der Waals surface area contributed by atoms with Crippen LogP contribution in [0.3, 0.4) is 0 Å². The summed E-state index contributed by atoms with van der Waals surface area (Å²) in [4.78, 5) is 0. The average molecular weight is 226 g/mol. The molecule has 1 unspecified atom stereocenters. The summed E-state index contributed by atoms with van der Waals surface area (Å²) in [7, 11) is 0. The molecule has 1 N–H and O–H groups in total. The van der Waals surface area contributed by atoms with E-state index in [1.165, 1.54) is 0 Å². The van der Waals surface area contributed by atoms with Gasteiger partial charge in [0, 0.05) is 5.75 Å². The van der Waals surface area contributed by atoms with Crippen molar-refractivity contribution in [3.8, 4) is 5.75 Å². The fourth-order valence-corrected chi connectivity index (χ4v) is 1.96. The lowest BCUT2D eigenvalue weighted by Crippen LogP contribution is -2.01. The van der Waals surface area contributed by atoms with Gasteiger partial charge in [0.2, 0.25) is 0 Å². The highest BCUT2D eigenvalue weighted by molar-refractivity contribution is 7.98. The van der Waals surface area contributed by atoms with Gasteiger partial charge in [0.15, 0.2) is 0 Å². The smallest absolute Gasteiger partial charge is 0.122 e. The third-order valence-corrected chi connectivity index (χ3v) is 2.86. The van der Waals surface area contributed by atoms with Gasteiger partial charge in [-0.1, -0.05) is 6.07 Å². The first-order chi connectivity index (χ1) is 7.19. The van der Waals surface area contributed by atoms with E-state index in [0.717, 1.165) is 22.6 Å². The fourth-order valence-electron chi connectivity index (χ4n) is 1.45. The number of ether oxygens (including phenoxy) is 1. The van der Waals surface area contributed by atoms with E-state index in [9.17, 15) is 5.11 Å². The summed E-state index contributed by atoms with van der Waals surface area (Å²) in [6.07, 6.45) is 1.61. The second kappa shape index (κ2) is 6.03. The van der Waals surface area contributed by atoms with Crippen LogP contribution in [0.1, 0.15) is 24.2 Å². The Hall–Kier alpha value is -0.670. The zero-order valence-electron chi connectivity index (χ0n) is 9.49. The molecule has 84 valence electrons. The summed E-state index contributed by atoms with van der Waals surface area (Å²) in [5.41, 5.74) is 2.04. The molecule has 0 fully saturated rings. The van der Waals surface area contributed by atoms with Crippen LogP contribution in [-0.2, 0) is 0 Å². The molecule has 0 aromatic heterocycles. The van der Waals surface area contributed by atoms with Crippen molar-refractivity contribution in [2.24, 2.45) is 0 Å².